The van der Waals surface area contributed by atoms with Crippen molar-refractivity contribution >= 4 is 5.91 Å². The number of nitrogens with two attached hydrogens (primary N) is 1. The highest BCUT2D eigenvalue weighted by Crippen LogP contribution is 2.17. The summed E-state index contributed by atoms with van der Waals surface area (Å²) in [6.07, 6.45) is 1.53. The molecule has 3 nitrogen and oxygen atoms in total. The number of halogens is 1. The maximum absolute atomic E-state index is 13.1. The smallest absolute Gasteiger partial charge is 0.220 e. The molecule has 0 bridgehead atoms. The number of ether oxygens (including phenoxy) is 1. The zero-order chi connectivity index (χ0) is 15.9. The molecule has 0 spiro atoms. The van der Waals surface area contributed by atoms with Gasteiger partial charge in [0.1, 0.15) is 18.2 Å². The normalized spacial score (nSPS) is 11.9. The van der Waals surface area contributed by atoms with E-state index in [1.807, 2.05) is 37.3 Å². The lowest BCUT2D eigenvalue weighted by Crippen LogP contribution is -2.20. The molecular formula is C18H20FNO2. The maximum Gasteiger partial charge on any atom is 0.220 e. The van der Waals surface area contributed by atoms with Gasteiger partial charge in [-0.1, -0.05) is 31.2 Å². The van der Waals surface area contributed by atoms with Crippen molar-refractivity contribution in [2.75, 3.05) is 0 Å². The molecule has 0 radical (unpaired) electrons. The standard InChI is InChI=1S/C18H20FNO2/c1-13(18(20)21)5-6-14-7-9-17(10-8-14)22-12-15-3-2-4-16(19)11-15/h2-4,7-11,13H,5-6,12H2,1H3,(H2,20,21)/t13-/m1/s1/i20+1. The van der Waals surface area contributed by atoms with E-state index in [9.17, 15) is 9.18 Å². The van der Waals surface area contributed by atoms with Gasteiger partial charge in [-0.25, -0.2) is 4.39 Å². The minimum atomic E-state index is -0.268. The lowest BCUT2D eigenvalue weighted by Gasteiger charge is -2.09. The van der Waals surface area contributed by atoms with Crippen LogP contribution in [0.5, 0.6) is 5.75 Å². The summed E-state index contributed by atoms with van der Waals surface area (Å²) in [5.41, 5.74) is 7.17. The van der Waals surface area contributed by atoms with Gasteiger partial charge >= 0.3 is 0 Å². The Morgan fingerprint density at radius 2 is 1.91 bits per heavy atom. The highest BCUT2D eigenvalue weighted by Gasteiger charge is 2.08. The van der Waals surface area contributed by atoms with Crippen molar-refractivity contribution in [1.29, 1.82) is 0 Å². The predicted molar refractivity (Wildman–Crippen MR) is 83.9 cm³/mol. The van der Waals surface area contributed by atoms with E-state index in [4.69, 9.17) is 10.5 Å². The Kier molecular flexibility index (Phi) is 5.53. The summed E-state index contributed by atoms with van der Waals surface area (Å²) < 4.78 is 18.7. The first-order valence-electron chi connectivity index (χ1n) is 7.30. The van der Waals surface area contributed by atoms with Crippen LogP contribution >= 0.6 is 0 Å². The van der Waals surface area contributed by atoms with E-state index in [2.05, 4.69) is 0 Å². The SMILES string of the molecule is C[C@H](CCc1ccc(OCc2cccc(F)c2)cc1)C([15NH2])=O. The molecule has 0 fully saturated rings. The zero-order valence-electron chi connectivity index (χ0n) is 12.6. The second kappa shape index (κ2) is 7.59. The number of rotatable bonds is 7. The summed E-state index contributed by atoms with van der Waals surface area (Å²) in [4.78, 5) is 11.0. The number of hydrogen-bond donors (Lipinski definition) is 1. The molecule has 2 aromatic carbocycles. The third-order valence-electron chi connectivity index (χ3n) is 3.57. The topological polar surface area (TPSA) is 52.3 Å². The summed E-state index contributed by atoms with van der Waals surface area (Å²) in [5.74, 6) is 0.0786. The number of carbonyl (C=O) groups excluding carboxylic acids is 1. The minimum absolute atomic E-state index is 0.121. The van der Waals surface area contributed by atoms with Crippen molar-refractivity contribution in [3.05, 3.63) is 65.5 Å². The van der Waals surface area contributed by atoms with Crippen LogP contribution in [0.2, 0.25) is 0 Å². The molecule has 0 saturated carbocycles. The van der Waals surface area contributed by atoms with Gasteiger partial charge in [0.05, 0.1) is 0 Å². The number of amides is 1. The number of benzene rings is 2. The minimum Gasteiger partial charge on any atom is -0.489 e. The molecule has 0 aliphatic carbocycles. The Labute approximate surface area is 129 Å². The first kappa shape index (κ1) is 16.0. The molecule has 22 heavy (non-hydrogen) atoms. The Balaban J connectivity index is 1.85. The molecule has 0 saturated heterocycles. The fourth-order valence-corrected chi connectivity index (χ4v) is 2.07. The molecule has 0 aromatic heterocycles. The van der Waals surface area contributed by atoms with E-state index < -0.39 is 0 Å². The number of primary amides is 1. The fraction of sp³-hybridized carbons (Fsp3) is 0.278. The zero-order valence-corrected chi connectivity index (χ0v) is 12.6. The molecule has 0 aliphatic rings. The van der Waals surface area contributed by atoms with Gasteiger partial charge in [-0.15, -0.1) is 0 Å². The average Bonchev–Trinajstić information content (AvgIpc) is 2.51. The van der Waals surface area contributed by atoms with E-state index in [1.54, 1.807) is 6.07 Å². The van der Waals surface area contributed by atoms with Gasteiger partial charge in [0.2, 0.25) is 5.91 Å². The third kappa shape index (κ3) is 4.88. The first-order chi connectivity index (χ1) is 10.5. The fourth-order valence-electron chi connectivity index (χ4n) is 2.07. The molecule has 1 amide bonds. The van der Waals surface area contributed by atoms with Gasteiger partial charge in [-0.05, 0) is 48.2 Å². The average molecular weight is 302 g/mol. The van der Waals surface area contributed by atoms with Crippen molar-refractivity contribution in [3.8, 4) is 5.75 Å². The molecule has 0 aliphatic heterocycles. The summed E-state index contributed by atoms with van der Waals surface area (Å²) in [5, 5.41) is 0. The van der Waals surface area contributed by atoms with E-state index in [0.717, 1.165) is 29.7 Å². The molecule has 1 atom stereocenters. The third-order valence-corrected chi connectivity index (χ3v) is 3.57. The number of aryl methyl sites for hydroxylation is 1. The van der Waals surface area contributed by atoms with Gasteiger partial charge in [0, 0.05) is 5.92 Å². The van der Waals surface area contributed by atoms with Crippen molar-refractivity contribution in [3.63, 3.8) is 0 Å². The molecule has 116 valence electrons. The lowest BCUT2D eigenvalue weighted by molar-refractivity contribution is -0.121. The van der Waals surface area contributed by atoms with Gasteiger partial charge in [0.25, 0.3) is 0 Å². The second-order valence-corrected chi connectivity index (χ2v) is 5.40. The number of hydrogen-bond acceptors (Lipinski definition) is 2. The molecular weight excluding hydrogens is 282 g/mol. The van der Waals surface area contributed by atoms with Gasteiger partial charge in [0.15, 0.2) is 0 Å². The summed E-state index contributed by atoms with van der Waals surface area (Å²) in [6.45, 7) is 2.16. The van der Waals surface area contributed by atoms with Crippen molar-refractivity contribution in [2.24, 2.45) is 11.7 Å². The molecule has 4 heteroatoms. The van der Waals surface area contributed by atoms with Gasteiger partial charge in [-0.3, -0.25) is 4.79 Å². The molecule has 0 unspecified atom stereocenters. The highest BCUT2D eigenvalue weighted by molar-refractivity contribution is 5.76. The number of carbonyl (C=O) groups is 1. The Bertz CT molecular complexity index is 625. The molecule has 2 aromatic rings. The van der Waals surface area contributed by atoms with Crippen LogP contribution in [0, 0.1) is 11.7 Å². The van der Waals surface area contributed by atoms with E-state index >= 15 is 0 Å². The Morgan fingerprint density at radius 1 is 1.18 bits per heavy atom. The summed E-state index contributed by atoms with van der Waals surface area (Å²) >= 11 is 0. The first-order valence-corrected chi connectivity index (χ1v) is 7.30. The quantitative estimate of drug-likeness (QED) is 0.796. The largest absolute Gasteiger partial charge is 0.489 e. The maximum atomic E-state index is 13.1. The van der Waals surface area contributed by atoms with Crippen LogP contribution in [0.25, 0.3) is 0 Å². The van der Waals surface area contributed by atoms with Crippen LogP contribution < -0.4 is 10.5 Å². The molecule has 0 heterocycles. The van der Waals surface area contributed by atoms with Crippen molar-refractivity contribution < 1.29 is 13.9 Å². The Morgan fingerprint density at radius 3 is 2.55 bits per heavy atom. The van der Waals surface area contributed by atoms with Crippen LogP contribution in [0.1, 0.15) is 24.5 Å². The monoisotopic (exact) mass is 302 g/mol. The van der Waals surface area contributed by atoms with Crippen LogP contribution in [0.3, 0.4) is 0 Å². The highest BCUT2D eigenvalue weighted by atomic mass is 19.1. The Hall–Kier alpha value is -2.36. The van der Waals surface area contributed by atoms with Gasteiger partial charge < -0.3 is 10.5 Å². The lowest BCUT2D eigenvalue weighted by atomic mass is 10.0. The molecule has 2 N–H and O–H groups in total. The summed E-state index contributed by atoms with van der Waals surface area (Å²) in [6, 6.07) is 14.0. The van der Waals surface area contributed by atoms with Crippen LogP contribution in [-0.4, -0.2) is 5.91 Å². The van der Waals surface area contributed by atoms with E-state index in [-0.39, 0.29) is 17.6 Å². The molecule has 2 rings (SSSR count). The van der Waals surface area contributed by atoms with Crippen molar-refractivity contribution in [1.82, 2.24) is 0 Å². The second-order valence-electron chi connectivity index (χ2n) is 5.40. The van der Waals surface area contributed by atoms with Crippen LogP contribution in [-0.2, 0) is 17.8 Å². The van der Waals surface area contributed by atoms with E-state index in [0.29, 0.717) is 6.61 Å². The van der Waals surface area contributed by atoms with Crippen LogP contribution in [0.15, 0.2) is 48.5 Å². The van der Waals surface area contributed by atoms with E-state index in [1.165, 1.54) is 12.1 Å². The van der Waals surface area contributed by atoms with Gasteiger partial charge in [-0.2, -0.15) is 0 Å². The van der Waals surface area contributed by atoms with Crippen LogP contribution in [0.4, 0.5) is 4.39 Å². The summed E-state index contributed by atoms with van der Waals surface area (Å²) in [7, 11) is 0. The predicted octanol–water partition coefficient (Wildman–Crippen LogP) is 3.46. The van der Waals surface area contributed by atoms with Crippen molar-refractivity contribution in [2.45, 2.75) is 26.4 Å².